The van der Waals surface area contributed by atoms with E-state index in [0.717, 1.165) is 17.5 Å². The molecule has 142 valence electrons. The predicted molar refractivity (Wildman–Crippen MR) is 113 cm³/mol. The quantitative estimate of drug-likeness (QED) is 0.630. The van der Waals surface area contributed by atoms with Gasteiger partial charge in [-0.3, -0.25) is 9.59 Å². The molecule has 0 aliphatic rings. The van der Waals surface area contributed by atoms with E-state index >= 15 is 0 Å². The van der Waals surface area contributed by atoms with Crippen LogP contribution in [0.2, 0.25) is 0 Å². The summed E-state index contributed by atoms with van der Waals surface area (Å²) in [7, 11) is 0. The average molecular weight is 372 g/mol. The first-order valence-electron chi connectivity index (χ1n) is 9.44. The molecule has 1 unspecified atom stereocenters. The van der Waals surface area contributed by atoms with E-state index in [-0.39, 0.29) is 17.9 Å². The first kappa shape index (κ1) is 19.4. The molecular weight excluding hydrogens is 348 g/mol. The van der Waals surface area contributed by atoms with Crippen molar-refractivity contribution in [2.75, 3.05) is 5.32 Å². The smallest absolute Gasteiger partial charge is 0.255 e. The maximum absolute atomic E-state index is 12.5. The molecule has 2 amide bonds. The summed E-state index contributed by atoms with van der Waals surface area (Å²) < 4.78 is 0. The van der Waals surface area contributed by atoms with Gasteiger partial charge in [0.25, 0.3) is 11.8 Å². The van der Waals surface area contributed by atoms with Crippen LogP contribution in [0.5, 0.6) is 0 Å². The van der Waals surface area contributed by atoms with E-state index in [1.807, 2.05) is 68.4 Å². The van der Waals surface area contributed by atoms with Crippen LogP contribution in [-0.2, 0) is 0 Å². The van der Waals surface area contributed by atoms with Gasteiger partial charge in [0.05, 0.1) is 0 Å². The van der Waals surface area contributed by atoms with Gasteiger partial charge in [-0.2, -0.15) is 0 Å². The number of rotatable bonds is 6. The molecule has 0 fully saturated rings. The van der Waals surface area contributed by atoms with Crippen LogP contribution in [0.25, 0.3) is 11.1 Å². The third-order valence-corrected chi connectivity index (χ3v) is 4.65. The topological polar surface area (TPSA) is 58.2 Å². The lowest BCUT2D eigenvalue weighted by molar-refractivity contribution is 0.0938. The van der Waals surface area contributed by atoms with Crippen LogP contribution in [0, 0.1) is 0 Å². The Morgan fingerprint density at radius 1 is 0.750 bits per heavy atom. The Kier molecular flexibility index (Phi) is 6.22. The Morgan fingerprint density at radius 2 is 1.29 bits per heavy atom. The number of hydrogen-bond acceptors (Lipinski definition) is 2. The Hall–Kier alpha value is -3.40. The van der Waals surface area contributed by atoms with E-state index in [1.165, 1.54) is 0 Å². The van der Waals surface area contributed by atoms with E-state index in [0.29, 0.717) is 16.8 Å². The van der Waals surface area contributed by atoms with Crippen LogP contribution in [0.15, 0.2) is 78.9 Å². The highest BCUT2D eigenvalue weighted by Crippen LogP contribution is 2.20. The van der Waals surface area contributed by atoms with Crippen molar-refractivity contribution in [3.8, 4) is 11.1 Å². The number of carbonyl (C=O) groups excluding carboxylic acids is 2. The van der Waals surface area contributed by atoms with Crippen molar-refractivity contribution in [1.29, 1.82) is 0 Å². The van der Waals surface area contributed by atoms with Crippen molar-refractivity contribution >= 4 is 17.5 Å². The van der Waals surface area contributed by atoms with Gasteiger partial charge in [-0.25, -0.2) is 0 Å². The second-order valence-corrected chi connectivity index (χ2v) is 6.76. The molecule has 0 saturated carbocycles. The molecule has 4 nitrogen and oxygen atoms in total. The fourth-order valence-electron chi connectivity index (χ4n) is 2.76. The van der Waals surface area contributed by atoms with Crippen molar-refractivity contribution in [2.45, 2.75) is 26.3 Å². The number of nitrogens with one attached hydrogen (secondary N) is 2. The fourth-order valence-corrected chi connectivity index (χ4v) is 2.76. The summed E-state index contributed by atoms with van der Waals surface area (Å²) in [5.41, 5.74) is 3.98. The molecule has 0 bridgehead atoms. The van der Waals surface area contributed by atoms with Crippen molar-refractivity contribution in [2.24, 2.45) is 0 Å². The standard InChI is InChI=1S/C24H24N2O2/c1-3-17(2)25-23(27)21-13-15-22(16-14-21)26-24(28)20-11-9-19(10-12-20)18-7-5-4-6-8-18/h4-17H,3H2,1-2H3,(H,25,27)(H,26,28). The second kappa shape index (κ2) is 9.00. The summed E-state index contributed by atoms with van der Waals surface area (Å²) in [5, 5.41) is 5.79. The predicted octanol–water partition coefficient (Wildman–Crippen LogP) is 5.13. The molecule has 0 spiro atoms. The van der Waals surface area contributed by atoms with Crippen LogP contribution in [0.4, 0.5) is 5.69 Å². The Labute approximate surface area is 165 Å². The maximum atomic E-state index is 12.5. The highest BCUT2D eigenvalue weighted by molar-refractivity contribution is 6.04. The molecule has 4 heteroatoms. The molecule has 0 aliphatic carbocycles. The summed E-state index contributed by atoms with van der Waals surface area (Å²) >= 11 is 0. The summed E-state index contributed by atoms with van der Waals surface area (Å²) in [6, 6.07) is 24.6. The molecule has 0 radical (unpaired) electrons. The summed E-state index contributed by atoms with van der Waals surface area (Å²) in [5.74, 6) is -0.292. The second-order valence-electron chi connectivity index (χ2n) is 6.76. The third kappa shape index (κ3) is 4.86. The molecular formula is C24H24N2O2. The summed E-state index contributed by atoms with van der Waals surface area (Å²) in [6.45, 7) is 3.99. The zero-order valence-corrected chi connectivity index (χ0v) is 16.1. The van der Waals surface area contributed by atoms with E-state index in [4.69, 9.17) is 0 Å². The third-order valence-electron chi connectivity index (χ3n) is 4.65. The molecule has 3 aromatic rings. The largest absolute Gasteiger partial charge is 0.350 e. The van der Waals surface area contributed by atoms with E-state index in [1.54, 1.807) is 24.3 Å². The van der Waals surface area contributed by atoms with Crippen molar-refractivity contribution in [1.82, 2.24) is 5.32 Å². The first-order valence-corrected chi connectivity index (χ1v) is 9.44. The van der Waals surface area contributed by atoms with E-state index in [9.17, 15) is 9.59 Å². The summed E-state index contributed by atoms with van der Waals surface area (Å²) in [4.78, 5) is 24.6. The van der Waals surface area contributed by atoms with Crippen molar-refractivity contribution in [3.05, 3.63) is 90.0 Å². The van der Waals surface area contributed by atoms with Crippen LogP contribution in [-0.4, -0.2) is 17.9 Å². The van der Waals surface area contributed by atoms with Gasteiger partial charge in [-0.15, -0.1) is 0 Å². The number of carbonyl (C=O) groups is 2. The van der Waals surface area contributed by atoms with Gasteiger partial charge in [0.15, 0.2) is 0 Å². The molecule has 28 heavy (non-hydrogen) atoms. The minimum Gasteiger partial charge on any atom is -0.350 e. The molecule has 3 aromatic carbocycles. The number of hydrogen-bond donors (Lipinski definition) is 2. The Bertz CT molecular complexity index is 933. The van der Waals surface area contributed by atoms with Crippen LogP contribution in [0.1, 0.15) is 41.0 Å². The minimum absolute atomic E-state index is 0.108. The Morgan fingerprint density at radius 3 is 1.89 bits per heavy atom. The first-order chi connectivity index (χ1) is 13.6. The molecule has 0 aromatic heterocycles. The fraction of sp³-hybridized carbons (Fsp3) is 0.167. The number of amides is 2. The zero-order valence-electron chi connectivity index (χ0n) is 16.1. The van der Waals surface area contributed by atoms with Crippen LogP contribution >= 0.6 is 0 Å². The van der Waals surface area contributed by atoms with Gasteiger partial charge in [0.2, 0.25) is 0 Å². The molecule has 0 heterocycles. The summed E-state index contributed by atoms with van der Waals surface area (Å²) in [6.07, 6.45) is 0.878. The van der Waals surface area contributed by atoms with E-state index in [2.05, 4.69) is 10.6 Å². The molecule has 0 aliphatic heterocycles. The lowest BCUT2D eigenvalue weighted by Gasteiger charge is -2.12. The van der Waals surface area contributed by atoms with Gasteiger partial charge in [0.1, 0.15) is 0 Å². The van der Waals surface area contributed by atoms with Crippen molar-refractivity contribution < 1.29 is 9.59 Å². The molecule has 0 saturated heterocycles. The Balaban J connectivity index is 1.64. The van der Waals surface area contributed by atoms with Gasteiger partial charge < -0.3 is 10.6 Å². The van der Waals surface area contributed by atoms with E-state index < -0.39 is 0 Å². The molecule has 3 rings (SSSR count). The number of anilines is 1. The van der Waals surface area contributed by atoms with Gasteiger partial charge in [-0.1, -0.05) is 49.4 Å². The average Bonchev–Trinajstić information content (AvgIpc) is 2.74. The van der Waals surface area contributed by atoms with Gasteiger partial charge >= 0.3 is 0 Å². The number of benzene rings is 3. The van der Waals surface area contributed by atoms with Crippen molar-refractivity contribution in [3.63, 3.8) is 0 Å². The van der Waals surface area contributed by atoms with Crippen LogP contribution < -0.4 is 10.6 Å². The van der Waals surface area contributed by atoms with Gasteiger partial charge in [0, 0.05) is 22.9 Å². The maximum Gasteiger partial charge on any atom is 0.255 e. The monoisotopic (exact) mass is 372 g/mol. The SMILES string of the molecule is CCC(C)NC(=O)c1ccc(NC(=O)c2ccc(-c3ccccc3)cc2)cc1. The normalized spacial score (nSPS) is 11.5. The highest BCUT2D eigenvalue weighted by Gasteiger charge is 2.10. The lowest BCUT2D eigenvalue weighted by Crippen LogP contribution is -2.31. The molecule has 1 atom stereocenters. The lowest BCUT2D eigenvalue weighted by atomic mass is 10.0. The van der Waals surface area contributed by atoms with Gasteiger partial charge in [-0.05, 0) is 60.9 Å². The molecule has 2 N–H and O–H groups in total. The highest BCUT2D eigenvalue weighted by atomic mass is 16.2. The van der Waals surface area contributed by atoms with Crippen LogP contribution in [0.3, 0.4) is 0 Å². The minimum atomic E-state index is -0.184. The zero-order chi connectivity index (χ0) is 19.9.